The second-order valence-corrected chi connectivity index (χ2v) is 11.6. The summed E-state index contributed by atoms with van der Waals surface area (Å²) in [5.74, 6) is 0.747. The Kier molecular flexibility index (Phi) is 10.2. The van der Waals surface area contributed by atoms with E-state index < -0.39 is 9.84 Å². The lowest BCUT2D eigenvalue weighted by molar-refractivity contribution is 0.0981. The van der Waals surface area contributed by atoms with Gasteiger partial charge < -0.3 is 4.90 Å². The van der Waals surface area contributed by atoms with Crippen LogP contribution in [0.1, 0.15) is 31.1 Å². The van der Waals surface area contributed by atoms with Gasteiger partial charge in [-0.3, -0.25) is 9.69 Å². The van der Waals surface area contributed by atoms with Gasteiger partial charge in [0.05, 0.1) is 15.2 Å². The van der Waals surface area contributed by atoms with Gasteiger partial charge in [-0.2, -0.15) is 0 Å². The van der Waals surface area contributed by atoms with E-state index in [9.17, 15) is 13.2 Å². The predicted octanol–water partition coefficient (Wildman–Crippen LogP) is 5.22. The molecule has 3 rings (SSSR count). The average Bonchev–Trinajstić information content (AvgIpc) is 3.20. The minimum absolute atomic E-state index is 0. The number of sulfone groups is 1. The molecule has 0 aliphatic heterocycles. The molecule has 0 spiro atoms. The zero-order valence-corrected chi connectivity index (χ0v) is 22.5. The average molecular weight is 528 g/mol. The van der Waals surface area contributed by atoms with Gasteiger partial charge in [0.1, 0.15) is 5.52 Å². The van der Waals surface area contributed by atoms with Crippen LogP contribution in [0.25, 0.3) is 10.2 Å². The lowest BCUT2D eigenvalue weighted by Crippen LogP contribution is -2.39. The molecule has 10 heteroatoms. The molecule has 0 saturated carbocycles. The van der Waals surface area contributed by atoms with E-state index in [0.717, 1.165) is 28.4 Å². The maximum Gasteiger partial charge on any atom is 0.261 e. The van der Waals surface area contributed by atoms with Crippen molar-refractivity contribution in [2.24, 2.45) is 0 Å². The number of rotatable bonds is 10. The van der Waals surface area contributed by atoms with Crippen LogP contribution in [0, 0.1) is 0 Å². The number of nitrogens with zero attached hydrogens (tertiary/aromatic N) is 3. The molecule has 1 aromatic heterocycles. The standard InChI is InChI=1S/C23H29N3O3S3.ClH/c1-5-25(6-2)15-16-26(22(27)17-11-8-9-12-18(17)30-7-3)23-24-21-19(31-23)13-10-14-20(21)32(4,28)29;/h8-14H,5-7,15-16H2,1-4H3;1H. The fourth-order valence-electron chi connectivity index (χ4n) is 3.46. The number of carbonyl (C=O) groups excluding carboxylic acids is 1. The number of thioether (sulfide) groups is 1. The third kappa shape index (κ3) is 6.48. The molecule has 0 atom stereocenters. The topological polar surface area (TPSA) is 70.6 Å². The van der Waals surface area contributed by atoms with Crippen LogP contribution in [0.5, 0.6) is 0 Å². The van der Waals surface area contributed by atoms with E-state index in [4.69, 9.17) is 0 Å². The summed E-state index contributed by atoms with van der Waals surface area (Å²) >= 11 is 2.98. The number of carbonyl (C=O) groups is 1. The number of hydrogen-bond acceptors (Lipinski definition) is 7. The molecule has 0 fully saturated rings. The number of halogens is 1. The second kappa shape index (κ2) is 12.2. The van der Waals surface area contributed by atoms with E-state index in [1.807, 2.05) is 30.3 Å². The van der Waals surface area contributed by atoms with Crippen LogP contribution in [0.2, 0.25) is 0 Å². The Labute approximate surface area is 210 Å². The molecule has 3 aromatic rings. The Hall–Kier alpha value is -1.65. The highest BCUT2D eigenvalue weighted by molar-refractivity contribution is 7.99. The zero-order chi connectivity index (χ0) is 23.3. The number of amides is 1. The third-order valence-electron chi connectivity index (χ3n) is 5.20. The fourth-order valence-corrected chi connectivity index (χ4v) is 6.17. The molecule has 0 aliphatic carbocycles. The van der Waals surface area contributed by atoms with Gasteiger partial charge >= 0.3 is 0 Å². The quantitative estimate of drug-likeness (QED) is 0.336. The summed E-state index contributed by atoms with van der Waals surface area (Å²) in [6.07, 6.45) is 1.18. The highest BCUT2D eigenvalue weighted by atomic mass is 35.5. The first kappa shape index (κ1) is 27.6. The van der Waals surface area contributed by atoms with Crippen LogP contribution in [-0.2, 0) is 9.84 Å². The molecule has 6 nitrogen and oxygen atoms in total. The molecule has 0 aliphatic rings. The SMILES string of the molecule is CCSc1ccccc1C(=O)N(CCN(CC)CC)c1nc2c(S(C)(=O)=O)cccc2s1.Cl. The van der Waals surface area contributed by atoms with Gasteiger partial charge in [0.2, 0.25) is 0 Å². The lowest BCUT2D eigenvalue weighted by atomic mass is 10.2. The lowest BCUT2D eigenvalue weighted by Gasteiger charge is -2.25. The predicted molar refractivity (Wildman–Crippen MR) is 142 cm³/mol. The van der Waals surface area contributed by atoms with Crippen molar-refractivity contribution in [2.45, 2.75) is 30.6 Å². The maximum atomic E-state index is 13.7. The van der Waals surface area contributed by atoms with Gasteiger partial charge in [-0.1, -0.05) is 50.3 Å². The van der Waals surface area contributed by atoms with E-state index in [2.05, 4.69) is 30.7 Å². The minimum atomic E-state index is -3.43. The summed E-state index contributed by atoms with van der Waals surface area (Å²) in [6.45, 7) is 9.20. The highest BCUT2D eigenvalue weighted by Crippen LogP contribution is 2.34. The van der Waals surface area contributed by atoms with Gasteiger partial charge in [-0.15, -0.1) is 24.2 Å². The van der Waals surface area contributed by atoms with Gasteiger partial charge in [0.15, 0.2) is 15.0 Å². The van der Waals surface area contributed by atoms with Crippen molar-refractivity contribution in [3.05, 3.63) is 48.0 Å². The number of benzene rings is 2. The van der Waals surface area contributed by atoms with Gasteiger partial charge in [0.25, 0.3) is 5.91 Å². The molecular formula is C23H30ClN3O3S3. The summed E-state index contributed by atoms with van der Waals surface area (Å²) < 4.78 is 25.3. The van der Waals surface area contributed by atoms with Crippen molar-refractivity contribution in [1.82, 2.24) is 9.88 Å². The molecule has 0 unspecified atom stereocenters. The van der Waals surface area contributed by atoms with Crippen molar-refractivity contribution < 1.29 is 13.2 Å². The number of thiazole rings is 1. The zero-order valence-electron chi connectivity index (χ0n) is 19.3. The molecule has 0 N–H and O–H groups in total. The van der Waals surface area contributed by atoms with E-state index in [1.165, 1.54) is 17.6 Å². The van der Waals surface area contributed by atoms with E-state index in [1.54, 1.807) is 28.8 Å². The number of anilines is 1. The van der Waals surface area contributed by atoms with Crippen molar-refractivity contribution >= 4 is 66.6 Å². The van der Waals surface area contributed by atoms with E-state index in [0.29, 0.717) is 29.3 Å². The van der Waals surface area contributed by atoms with Crippen molar-refractivity contribution in [1.29, 1.82) is 0 Å². The fraction of sp³-hybridized carbons (Fsp3) is 0.391. The number of aromatic nitrogens is 1. The summed E-state index contributed by atoms with van der Waals surface area (Å²) in [7, 11) is -3.43. The normalized spacial score (nSPS) is 11.5. The van der Waals surface area contributed by atoms with Crippen LogP contribution in [0.4, 0.5) is 5.13 Å². The number of hydrogen-bond donors (Lipinski definition) is 0. The van der Waals surface area contributed by atoms with Crippen LogP contribution in [0.3, 0.4) is 0 Å². The van der Waals surface area contributed by atoms with Crippen molar-refractivity contribution in [3.63, 3.8) is 0 Å². The Morgan fingerprint density at radius 3 is 2.36 bits per heavy atom. The van der Waals surface area contributed by atoms with Gasteiger partial charge in [-0.25, -0.2) is 13.4 Å². The molecule has 0 radical (unpaired) electrons. The first-order chi connectivity index (χ1) is 15.3. The van der Waals surface area contributed by atoms with E-state index in [-0.39, 0.29) is 23.2 Å². The van der Waals surface area contributed by atoms with Crippen molar-refractivity contribution in [2.75, 3.05) is 43.1 Å². The Morgan fingerprint density at radius 2 is 1.73 bits per heavy atom. The Bertz CT molecular complexity index is 1190. The number of fused-ring (bicyclic) bond motifs is 1. The Morgan fingerprint density at radius 1 is 1.03 bits per heavy atom. The maximum absolute atomic E-state index is 13.7. The van der Waals surface area contributed by atoms with Crippen LogP contribution in [0.15, 0.2) is 52.3 Å². The summed E-state index contributed by atoms with van der Waals surface area (Å²) in [6, 6.07) is 12.7. The molecule has 2 aromatic carbocycles. The first-order valence-electron chi connectivity index (χ1n) is 10.7. The number of likely N-dealkylation sites (N-methyl/N-ethyl adjacent to an activating group) is 1. The first-order valence-corrected chi connectivity index (χ1v) is 14.3. The molecule has 1 amide bonds. The van der Waals surface area contributed by atoms with E-state index >= 15 is 0 Å². The van der Waals surface area contributed by atoms with Gasteiger partial charge in [0, 0.05) is 24.2 Å². The molecule has 0 saturated heterocycles. The van der Waals surface area contributed by atoms with Crippen LogP contribution < -0.4 is 4.90 Å². The molecule has 33 heavy (non-hydrogen) atoms. The third-order valence-corrected chi connectivity index (χ3v) is 8.33. The monoisotopic (exact) mass is 527 g/mol. The van der Waals surface area contributed by atoms with Crippen LogP contribution in [-0.4, -0.2) is 62.4 Å². The highest BCUT2D eigenvalue weighted by Gasteiger charge is 2.25. The summed E-state index contributed by atoms with van der Waals surface area (Å²) in [5.41, 5.74) is 1.06. The van der Waals surface area contributed by atoms with Crippen molar-refractivity contribution in [3.8, 4) is 0 Å². The smallest absolute Gasteiger partial charge is 0.261 e. The summed E-state index contributed by atoms with van der Waals surface area (Å²) in [5, 5.41) is 0.518. The van der Waals surface area contributed by atoms with Crippen LogP contribution >= 0.6 is 35.5 Å². The molecule has 0 bridgehead atoms. The molecule has 1 heterocycles. The second-order valence-electron chi connectivity index (χ2n) is 7.28. The largest absolute Gasteiger partial charge is 0.302 e. The van der Waals surface area contributed by atoms with Gasteiger partial charge in [-0.05, 0) is 43.1 Å². The molecular weight excluding hydrogens is 498 g/mol. The number of para-hydroxylation sites is 1. The Balaban J connectivity index is 0.00000385. The minimum Gasteiger partial charge on any atom is -0.302 e. The molecule has 180 valence electrons. The summed E-state index contributed by atoms with van der Waals surface area (Å²) in [4.78, 5) is 23.5.